The maximum Gasteiger partial charge on any atom is 0.350 e. The number of nitrogens with zero attached hydrogens (tertiary/aromatic N) is 3. The first-order valence-electron chi connectivity index (χ1n) is 7.94. The Labute approximate surface area is 140 Å². The van der Waals surface area contributed by atoms with E-state index in [9.17, 15) is 4.79 Å². The van der Waals surface area contributed by atoms with Crippen LogP contribution >= 0.6 is 0 Å². The Morgan fingerprint density at radius 2 is 2.21 bits per heavy atom. The van der Waals surface area contributed by atoms with Gasteiger partial charge in [-0.2, -0.15) is 10.4 Å². The standard InChI is InChI=1S/C18H18N4O2/c1-2-24-18(23)13(11-19)12-20-17-15-9-6-10-16(15)21-22(17)14-7-4-3-5-8-14/h3-5,7-8,12,20H,2,6,9-10H2,1H3/b13-12+. The molecule has 6 heteroatoms. The van der Waals surface area contributed by atoms with E-state index in [1.54, 1.807) is 6.92 Å². The smallest absolute Gasteiger partial charge is 0.350 e. The van der Waals surface area contributed by atoms with Crippen molar-refractivity contribution < 1.29 is 9.53 Å². The number of aromatic nitrogens is 2. The van der Waals surface area contributed by atoms with Gasteiger partial charge in [0.25, 0.3) is 0 Å². The minimum Gasteiger partial charge on any atom is -0.462 e. The summed E-state index contributed by atoms with van der Waals surface area (Å²) in [5, 5.41) is 16.9. The molecule has 3 rings (SSSR count). The lowest BCUT2D eigenvalue weighted by atomic mass is 10.2. The fourth-order valence-electron chi connectivity index (χ4n) is 2.78. The van der Waals surface area contributed by atoms with Crippen LogP contribution in [0.4, 0.5) is 5.82 Å². The predicted octanol–water partition coefficient (Wildman–Crippen LogP) is 2.74. The molecule has 0 amide bonds. The van der Waals surface area contributed by atoms with Crippen LogP contribution in [0.25, 0.3) is 5.69 Å². The zero-order chi connectivity index (χ0) is 16.9. The zero-order valence-electron chi connectivity index (χ0n) is 13.5. The molecule has 0 fully saturated rings. The second-order valence-corrected chi connectivity index (χ2v) is 5.41. The van der Waals surface area contributed by atoms with Crippen molar-refractivity contribution in [2.24, 2.45) is 0 Å². The van der Waals surface area contributed by atoms with E-state index in [0.29, 0.717) is 0 Å². The van der Waals surface area contributed by atoms with Crippen molar-refractivity contribution in [3.63, 3.8) is 0 Å². The summed E-state index contributed by atoms with van der Waals surface area (Å²) in [6.45, 7) is 1.94. The molecule has 0 saturated heterocycles. The van der Waals surface area contributed by atoms with Crippen LogP contribution in [0.2, 0.25) is 0 Å². The minimum atomic E-state index is -0.630. The largest absolute Gasteiger partial charge is 0.462 e. The molecule has 0 aliphatic heterocycles. The van der Waals surface area contributed by atoms with Crippen molar-refractivity contribution in [2.75, 3.05) is 11.9 Å². The third kappa shape index (κ3) is 3.01. The lowest BCUT2D eigenvalue weighted by Gasteiger charge is -2.09. The normalized spacial score (nSPS) is 13.2. The molecule has 2 aromatic rings. The number of ether oxygens (including phenoxy) is 1. The molecule has 0 bridgehead atoms. The molecule has 0 saturated carbocycles. The van der Waals surface area contributed by atoms with Crippen molar-refractivity contribution in [3.05, 3.63) is 53.4 Å². The number of hydrogen-bond donors (Lipinski definition) is 1. The van der Waals surface area contributed by atoms with Crippen LogP contribution in [0, 0.1) is 11.3 Å². The van der Waals surface area contributed by atoms with Gasteiger partial charge in [0.2, 0.25) is 0 Å². The van der Waals surface area contributed by atoms with Gasteiger partial charge in [0.15, 0.2) is 5.57 Å². The van der Waals surface area contributed by atoms with Gasteiger partial charge in [-0.25, -0.2) is 9.48 Å². The molecule has 24 heavy (non-hydrogen) atoms. The summed E-state index contributed by atoms with van der Waals surface area (Å²) < 4.78 is 6.70. The highest BCUT2D eigenvalue weighted by Gasteiger charge is 2.23. The average Bonchev–Trinajstić information content (AvgIpc) is 3.18. The Morgan fingerprint density at radius 3 is 2.92 bits per heavy atom. The molecule has 0 radical (unpaired) electrons. The fraction of sp³-hybridized carbons (Fsp3) is 0.278. The van der Waals surface area contributed by atoms with Gasteiger partial charge in [0, 0.05) is 11.8 Å². The summed E-state index contributed by atoms with van der Waals surface area (Å²) in [5.74, 6) is 0.167. The van der Waals surface area contributed by atoms with E-state index in [4.69, 9.17) is 10.00 Å². The van der Waals surface area contributed by atoms with Crippen LogP contribution in [0.5, 0.6) is 0 Å². The number of hydrogen-bond acceptors (Lipinski definition) is 5. The van der Waals surface area contributed by atoms with Gasteiger partial charge in [0.05, 0.1) is 18.0 Å². The van der Waals surface area contributed by atoms with Crippen molar-refractivity contribution in [3.8, 4) is 11.8 Å². The molecule has 1 aromatic heterocycles. The lowest BCUT2D eigenvalue weighted by molar-refractivity contribution is -0.138. The average molecular weight is 322 g/mol. The Balaban J connectivity index is 1.96. The summed E-state index contributed by atoms with van der Waals surface area (Å²) in [5.41, 5.74) is 3.06. The molecule has 1 aliphatic carbocycles. The number of carbonyl (C=O) groups excluding carboxylic acids is 1. The molecule has 1 N–H and O–H groups in total. The van der Waals surface area contributed by atoms with Crippen LogP contribution in [-0.2, 0) is 22.4 Å². The number of nitriles is 1. The molecule has 1 aromatic carbocycles. The van der Waals surface area contributed by atoms with Gasteiger partial charge >= 0.3 is 5.97 Å². The zero-order valence-corrected chi connectivity index (χ0v) is 13.5. The maximum absolute atomic E-state index is 11.7. The first kappa shape index (κ1) is 15.8. The van der Waals surface area contributed by atoms with Crippen molar-refractivity contribution in [1.29, 1.82) is 5.26 Å². The van der Waals surface area contributed by atoms with Crippen LogP contribution < -0.4 is 5.32 Å². The third-order valence-corrected chi connectivity index (χ3v) is 3.88. The number of rotatable bonds is 5. The second-order valence-electron chi connectivity index (χ2n) is 5.41. The molecule has 122 valence electrons. The quantitative estimate of drug-likeness (QED) is 0.520. The van der Waals surface area contributed by atoms with Crippen molar-refractivity contribution in [2.45, 2.75) is 26.2 Å². The van der Waals surface area contributed by atoms with E-state index < -0.39 is 5.97 Å². The van der Waals surface area contributed by atoms with Crippen LogP contribution in [0.3, 0.4) is 0 Å². The monoisotopic (exact) mass is 322 g/mol. The molecule has 0 unspecified atom stereocenters. The Hall–Kier alpha value is -3.07. The Bertz CT molecular complexity index is 816. The highest BCUT2D eigenvalue weighted by Crippen LogP contribution is 2.31. The van der Waals surface area contributed by atoms with Crippen molar-refractivity contribution >= 4 is 11.8 Å². The number of anilines is 1. The predicted molar refractivity (Wildman–Crippen MR) is 89.5 cm³/mol. The third-order valence-electron chi connectivity index (χ3n) is 3.88. The molecular weight excluding hydrogens is 304 g/mol. The number of fused-ring (bicyclic) bond motifs is 1. The van der Waals surface area contributed by atoms with Gasteiger partial charge in [-0.3, -0.25) is 0 Å². The van der Waals surface area contributed by atoms with Gasteiger partial charge in [-0.05, 0) is 38.3 Å². The lowest BCUT2D eigenvalue weighted by Crippen LogP contribution is -2.09. The molecule has 6 nitrogen and oxygen atoms in total. The van der Waals surface area contributed by atoms with E-state index in [-0.39, 0.29) is 12.2 Å². The minimum absolute atomic E-state index is 0.0654. The Morgan fingerprint density at radius 1 is 1.42 bits per heavy atom. The van der Waals surface area contributed by atoms with E-state index in [2.05, 4.69) is 10.4 Å². The van der Waals surface area contributed by atoms with Gasteiger partial charge in [-0.15, -0.1) is 0 Å². The Kier molecular flexibility index (Phi) is 4.62. The number of para-hydroxylation sites is 1. The fourth-order valence-corrected chi connectivity index (χ4v) is 2.78. The maximum atomic E-state index is 11.7. The number of carbonyl (C=O) groups is 1. The summed E-state index contributed by atoms with van der Waals surface area (Å²) in [6, 6.07) is 11.6. The number of benzene rings is 1. The van der Waals surface area contributed by atoms with Gasteiger partial charge in [-0.1, -0.05) is 18.2 Å². The molecular formula is C18H18N4O2. The number of esters is 1. The highest BCUT2D eigenvalue weighted by molar-refractivity contribution is 5.93. The molecule has 0 atom stereocenters. The highest BCUT2D eigenvalue weighted by atomic mass is 16.5. The van der Waals surface area contributed by atoms with E-state index in [0.717, 1.165) is 42.0 Å². The second kappa shape index (κ2) is 7.01. The van der Waals surface area contributed by atoms with Gasteiger partial charge < -0.3 is 10.1 Å². The van der Waals surface area contributed by atoms with E-state index in [1.807, 2.05) is 41.1 Å². The van der Waals surface area contributed by atoms with E-state index >= 15 is 0 Å². The molecule has 1 heterocycles. The van der Waals surface area contributed by atoms with Crippen LogP contribution in [-0.4, -0.2) is 22.4 Å². The summed E-state index contributed by atoms with van der Waals surface area (Å²) in [7, 11) is 0. The molecule has 1 aliphatic rings. The van der Waals surface area contributed by atoms with Crippen molar-refractivity contribution in [1.82, 2.24) is 9.78 Å². The summed E-state index contributed by atoms with van der Waals surface area (Å²) >= 11 is 0. The van der Waals surface area contributed by atoms with Crippen LogP contribution in [0.1, 0.15) is 24.6 Å². The summed E-state index contributed by atoms with van der Waals surface area (Å²) in [6.07, 6.45) is 4.33. The summed E-state index contributed by atoms with van der Waals surface area (Å²) in [4.78, 5) is 11.7. The first-order valence-corrected chi connectivity index (χ1v) is 7.94. The molecule has 0 spiro atoms. The number of aryl methyl sites for hydroxylation is 1. The number of nitrogens with one attached hydrogen (secondary N) is 1. The topological polar surface area (TPSA) is 79.9 Å². The SMILES string of the molecule is CCOC(=O)/C(C#N)=C/Nc1c2c(nn1-c1ccccc1)CCC2. The first-order chi connectivity index (χ1) is 11.7. The van der Waals surface area contributed by atoms with Gasteiger partial charge in [0.1, 0.15) is 11.9 Å². The van der Waals surface area contributed by atoms with E-state index in [1.165, 1.54) is 6.20 Å². The van der Waals surface area contributed by atoms with Crippen LogP contribution in [0.15, 0.2) is 42.1 Å².